The van der Waals surface area contributed by atoms with Crippen molar-refractivity contribution >= 4 is 11.7 Å². The summed E-state index contributed by atoms with van der Waals surface area (Å²) in [5, 5.41) is 0. The molecule has 0 atom stereocenters. The van der Waals surface area contributed by atoms with Crippen molar-refractivity contribution in [1.29, 1.82) is 0 Å². The van der Waals surface area contributed by atoms with Gasteiger partial charge in [0.05, 0.1) is 18.8 Å². The number of anilines is 1. The molecule has 0 unspecified atom stereocenters. The Morgan fingerprint density at radius 2 is 2.00 bits per heavy atom. The topological polar surface area (TPSA) is 70.8 Å². The van der Waals surface area contributed by atoms with Gasteiger partial charge in [0.25, 0.3) is 0 Å². The van der Waals surface area contributed by atoms with E-state index in [4.69, 9.17) is 19.9 Å². The van der Waals surface area contributed by atoms with Crippen molar-refractivity contribution < 1.29 is 19.0 Å². The van der Waals surface area contributed by atoms with Crippen molar-refractivity contribution in [2.24, 2.45) is 0 Å². The van der Waals surface area contributed by atoms with Crippen LogP contribution in [0.25, 0.3) is 0 Å². The Morgan fingerprint density at radius 3 is 2.67 bits per heavy atom. The average molecular weight is 253 g/mol. The molecule has 100 valence electrons. The van der Waals surface area contributed by atoms with Gasteiger partial charge in [-0.15, -0.1) is 0 Å². The van der Waals surface area contributed by atoms with Gasteiger partial charge in [0, 0.05) is 12.3 Å². The summed E-state index contributed by atoms with van der Waals surface area (Å²) in [6, 6.07) is 4.92. The fraction of sp³-hybridized carbons (Fsp3) is 0.462. The van der Waals surface area contributed by atoms with Crippen molar-refractivity contribution in [2.75, 3.05) is 32.2 Å². The second-order valence-electron chi connectivity index (χ2n) is 3.51. The zero-order chi connectivity index (χ0) is 13.4. The first-order valence-corrected chi connectivity index (χ1v) is 5.96. The molecular formula is C13H19NO4. The first-order valence-electron chi connectivity index (χ1n) is 5.96. The van der Waals surface area contributed by atoms with Crippen LogP contribution in [0.1, 0.15) is 24.2 Å². The van der Waals surface area contributed by atoms with E-state index in [0.717, 1.165) is 0 Å². The molecule has 1 rings (SSSR count). The molecule has 2 N–H and O–H groups in total. The van der Waals surface area contributed by atoms with Gasteiger partial charge in [0.1, 0.15) is 12.4 Å². The zero-order valence-corrected chi connectivity index (χ0v) is 10.8. The van der Waals surface area contributed by atoms with E-state index in [0.29, 0.717) is 43.4 Å². The van der Waals surface area contributed by atoms with Crippen LogP contribution < -0.4 is 10.5 Å². The Bertz CT molecular complexity index is 393. The molecule has 0 fully saturated rings. The third-order valence-electron chi connectivity index (χ3n) is 2.22. The molecule has 0 aliphatic rings. The summed E-state index contributed by atoms with van der Waals surface area (Å²) >= 11 is 0. The molecule has 5 heteroatoms. The van der Waals surface area contributed by atoms with Crippen LogP contribution in [0.2, 0.25) is 0 Å². The number of carbonyl (C=O) groups excluding carboxylic acids is 1. The highest BCUT2D eigenvalue weighted by Gasteiger charge is 2.11. The summed E-state index contributed by atoms with van der Waals surface area (Å²) in [4.78, 5) is 11.6. The first kappa shape index (κ1) is 14.3. The molecule has 0 radical (unpaired) electrons. The van der Waals surface area contributed by atoms with Gasteiger partial charge in [0.15, 0.2) is 0 Å². The molecular weight excluding hydrogens is 234 g/mol. The Morgan fingerprint density at radius 1 is 1.22 bits per heavy atom. The quantitative estimate of drug-likeness (QED) is 0.456. The summed E-state index contributed by atoms with van der Waals surface area (Å²) in [7, 11) is 0. The Balaban J connectivity index is 2.65. The minimum absolute atomic E-state index is 0.313. The Labute approximate surface area is 107 Å². The second-order valence-corrected chi connectivity index (χ2v) is 3.51. The number of rotatable bonds is 7. The number of esters is 1. The van der Waals surface area contributed by atoms with Gasteiger partial charge in [-0.3, -0.25) is 0 Å². The lowest BCUT2D eigenvalue weighted by Gasteiger charge is -2.09. The van der Waals surface area contributed by atoms with Crippen LogP contribution in [0, 0.1) is 0 Å². The highest BCUT2D eigenvalue weighted by molar-refractivity contribution is 5.95. The van der Waals surface area contributed by atoms with Crippen LogP contribution in [-0.4, -0.2) is 32.4 Å². The summed E-state index contributed by atoms with van der Waals surface area (Å²) in [5.74, 6) is 0.136. The van der Waals surface area contributed by atoms with Gasteiger partial charge in [-0.2, -0.15) is 0 Å². The summed E-state index contributed by atoms with van der Waals surface area (Å²) in [6.07, 6.45) is 0. The van der Waals surface area contributed by atoms with Gasteiger partial charge >= 0.3 is 5.97 Å². The fourth-order valence-electron chi connectivity index (χ4n) is 1.37. The van der Waals surface area contributed by atoms with Gasteiger partial charge in [0.2, 0.25) is 0 Å². The molecule has 0 spiro atoms. The number of nitrogen functional groups attached to an aromatic ring is 1. The van der Waals surface area contributed by atoms with Crippen LogP contribution in [-0.2, 0) is 9.47 Å². The van der Waals surface area contributed by atoms with Crippen molar-refractivity contribution in [3.05, 3.63) is 23.8 Å². The SMILES string of the molecule is CCOCCOc1ccc(N)c(C(=O)OCC)c1. The average Bonchev–Trinajstić information content (AvgIpc) is 2.36. The summed E-state index contributed by atoms with van der Waals surface area (Å²) in [5.41, 5.74) is 6.42. The van der Waals surface area contributed by atoms with Crippen molar-refractivity contribution in [1.82, 2.24) is 0 Å². The van der Waals surface area contributed by atoms with Crippen LogP contribution >= 0.6 is 0 Å². The van der Waals surface area contributed by atoms with Crippen molar-refractivity contribution in [3.8, 4) is 5.75 Å². The van der Waals surface area contributed by atoms with Crippen LogP contribution in [0.15, 0.2) is 18.2 Å². The molecule has 0 heterocycles. The molecule has 18 heavy (non-hydrogen) atoms. The number of nitrogens with two attached hydrogens (primary N) is 1. The first-order chi connectivity index (χ1) is 8.69. The fourth-order valence-corrected chi connectivity index (χ4v) is 1.37. The van der Waals surface area contributed by atoms with E-state index in [1.165, 1.54) is 0 Å². The molecule has 0 saturated heterocycles. The maximum atomic E-state index is 11.6. The molecule has 5 nitrogen and oxygen atoms in total. The molecule has 0 aromatic heterocycles. The highest BCUT2D eigenvalue weighted by atomic mass is 16.5. The van der Waals surface area contributed by atoms with E-state index in [9.17, 15) is 4.79 Å². The standard InChI is InChI=1S/C13H19NO4/c1-3-16-7-8-18-10-5-6-12(14)11(9-10)13(15)17-4-2/h5-6,9H,3-4,7-8,14H2,1-2H3. The molecule has 1 aromatic carbocycles. The van der Waals surface area contributed by atoms with E-state index in [1.54, 1.807) is 25.1 Å². The predicted octanol–water partition coefficient (Wildman–Crippen LogP) is 1.86. The van der Waals surface area contributed by atoms with E-state index < -0.39 is 5.97 Å². The van der Waals surface area contributed by atoms with Gasteiger partial charge < -0.3 is 19.9 Å². The molecule has 1 aromatic rings. The largest absolute Gasteiger partial charge is 0.491 e. The lowest BCUT2D eigenvalue weighted by molar-refractivity contribution is 0.0527. The summed E-state index contributed by atoms with van der Waals surface area (Å²) in [6.45, 7) is 5.57. The summed E-state index contributed by atoms with van der Waals surface area (Å²) < 4.78 is 15.5. The predicted molar refractivity (Wildman–Crippen MR) is 68.8 cm³/mol. The van der Waals surface area contributed by atoms with Gasteiger partial charge in [-0.25, -0.2) is 4.79 Å². The minimum atomic E-state index is -0.440. The molecule has 0 saturated carbocycles. The van der Waals surface area contributed by atoms with Crippen LogP contribution in [0.5, 0.6) is 5.75 Å². The van der Waals surface area contributed by atoms with Crippen molar-refractivity contribution in [2.45, 2.75) is 13.8 Å². The lowest BCUT2D eigenvalue weighted by atomic mass is 10.2. The van der Waals surface area contributed by atoms with E-state index in [-0.39, 0.29) is 0 Å². The number of carbonyl (C=O) groups is 1. The Kier molecular flexibility index (Phi) is 6.00. The number of benzene rings is 1. The van der Waals surface area contributed by atoms with Gasteiger partial charge in [-0.1, -0.05) is 0 Å². The van der Waals surface area contributed by atoms with E-state index in [1.807, 2.05) is 6.92 Å². The second kappa shape index (κ2) is 7.55. The minimum Gasteiger partial charge on any atom is -0.491 e. The maximum Gasteiger partial charge on any atom is 0.340 e. The monoisotopic (exact) mass is 253 g/mol. The Hall–Kier alpha value is -1.75. The normalized spacial score (nSPS) is 10.1. The van der Waals surface area contributed by atoms with E-state index >= 15 is 0 Å². The molecule has 0 aliphatic heterocycles. The van der Waals surface area contributed by atoms with Crippen LogP contribution in [0.4, 0.5) is 5.69 Å². The van der Waals surface area contributed by atoms with Gasteiger partial charge in [-0.05, 0) is 32.0 Å². The number of hydrogen-bond donors (Lipinski definition) is 1. The van der Waals surface area contributed by atoms with Crippen molar-refractivity contribution in [3.63, 3.8) is 0 Å². The number of hydrogen-bond acceptors (Lipinski definition) is 5. The zero-order valence-electron chi connectivity index (χ0n) is 10.8. The third kappa shape index (κ3) is 4.25. The maximum absolute atomic E-state index is 11.6. The lowest BCUT2D eigenvalue weighted by Crippen LogP contribution is -2.10. The third-order valence-corrected chi connectivity index (χ3v) is 2.22. The highest BCUT2D eigenvalue weighted by Crippen LogP contribution is 2.20. The molecule has 0 aliphatic carbocycles. The van der Waals surface area contributed by atoms with Crippen LogP contribution in [0.3, 0.4) is 0 Å². The molecule has 0 amide bonds. The number of ether oxygens (including phenoxy) is 3. The van der Waals surface area contributed by atoms with E-state index in [2.05, 4.69) is 0 Å². The molecule has 0 bridgehead atoms. The smallest absolute Gasteiger partial charge is 0.340 e.